The number of rotatable bonds is 6. The highest BCUT2D eigenvalue weighted by Crippen LogP contribution is 2.18. The summed E-state index contributed by atoms with van der Waals surface area (Å²) in [5, 5.41) is 15.7. The zero-order valence-electron chi connectivity index (χ0n) is 10.6. The van der Waals surface area contributed by atoms with Gasteiger partial charge in [-0.2, -0.15) is 0 Å². The fraction of sp³-hybridized carbons (Fsp3) is 0.636. The average Bonchev–Trinajstić information content (AvgIpc) is 2.86. The molecule has 2 aromatic heterocycles. The molecule has 0 aliphatic heterocycles. The molecule has 0 radical (unpaired) electrons. The largest absolute Gasteiger partial charge is 0.351 e. The normalized spacial score (nSPS) is 11.3. The summed E-state index contributed by atoms with van der Waals surface area (Å²) >= 11 is 5.88. The number of anilines is 1. The van der Waals surface area contributed by atoms with E-state index in [1.165, 1.54) is 4.63 Å². The first-order valence-electron chi connectivity index (χ1n) is 6.18. The Bertz CT molecular complexity index is 495. The van der Waals surface area contributed by atoms with E-state index in [2.05, 4.69) is 39.4 Å². The van der Waals surface area contributed by atoms with Crippen molar-refractivity contribution in [3.8, 4) is 0 Å². The molecule has 0 spiro atoms. The summed E-state index contributed by atoms with van der Waals surface area (Å²) < 4.78 is 1.44. The van der Waals surface area contributed by atoms with Gasteiger partial charge in [0.1, 0.15) is 0 Å². The first-order chi connectivity index (χ1) is 8.80. The van der Waals surface area contributed by atoms with E-state index in [9.17, 15) is 0 Å². The lowest BCUT2D eigenvalue weighted by molar-refractivity contribution is 0.556. The van der Waals surface area contributed by atoms with E-state index in [1.54, 1.807) is 0 Å². The maximum Gasteiger partial charge on any atom is 0.200 e. The zero-order chi connectivity index (χ0) is 13.0. The van der Waals surface area contributed by atoms with Gasteiger partial charge in [0.2, 0.25) is 0 Å². The molecule has 2 heterocycles. The van der Waals surface area contributed by atoms with Crippen LogP contribution in [0.1, 0.15) is 26.7 Å². The summed E-state index contributed by atoms with van der Waals surface area (Å²) in [4.78, 5) is 2.22. The predicted molar refractivity (Wildman–Crippen MR) is 71.0 cm³/mol. The molecule has 7 heteroatoms. The number of tetrazole rings is 1. The Hall–Kier alpha value is -1.43. The smallest absolute Gasteiger partial charge is 0.200 e. The summed E-state index contributed by atoms with van der Waals surface area (Å²) in [6, 6.07) is 4.24. The van der Waals surface area contributed by atoms with Crippen molar-refractivity contribution < 1.29 is 0 Å². The lowest BCUT2D eigenvalue weighted by Gasteiger charge is -2.30. The van der Waals surface area contributed by atoms with E-state index < -0.39 is 0 Å². The van der Waals surface area contributed by atoms with E-state index in [1.807, 2.05) is 12.1 Å². The van der Waals surface area contributed by atoms with Crippen LogP contribution >= 0.6 is 11.6 Å². The third-order valence-electron chi connectivity index (χ3n) is 3.06. The first-order valence-corrected chi connectivity index (χ1v) is 6.71. The second-order valence-electron chi connectivity index (χ2n) is 4.07. The van der Waals surface area contributed by atoms with Crippen LogP contribution in [0.2, 0.25) is 0 Å². The van der Waals surface area contributed by atoms with Gasteiger partial charge in [0, 0.05) is 18.5 Å². The van der Waals surface area contributed by atoms with Crippen LogP contribution in [0.4, 0.5) is 5.82 Å². The van der Waals surface area contributed by atoms with Crippen LogP contribution in [-0.4, -0.2) is 43.7 Å². The predicted octanol–water partition coefficient (Wildman–Crippen LogP) is 1.75. The Balaban J connectivity index is 2.33. The maximum absolute atomic E-state index is 5.88. The Labute approximate surface area is 111 Å². The van der Waals surface area contributed by atoms with Crippen molar-refractivity contribution in [3.63, 3.8) is 0 Å². The van der Waals surface area contributed by atoms with Crippen molar-refractivity contribution >= 4 is 23.1 Å². The number of hydrogen-bond donors (Lipinski definition) is 0. The number of hydrogen-bond acceptors (Lipinski definition) is 5. The molecular formula is C11H17ClN6. The van der Waals surface area contributed by atoms with Crippen molar-refractivity contribution in [2.24, 2.45) is 0 Å². The molecule has 0 saturated heterocycles. The summed E-state index contributed by atoms with van der Waals surface area (Å²) in [5.74, 6) is 1.44. The van der Waals surface area contributed by atoms with Crippen LogP contribution in [0.25, 0.3) is 5.65 Å². The fourth-order valence-corrected chi connectivity index (χ4v) is 2.28. The molecule has 0 bridgehead atoms. The fourth-order valence-electron chi connectivity index (χ4n) is 2.10. The van der Waals surface area contributed by atoms with Crippen molar-refractivity contribution in [1.29, 1.82) is 0 Å². The second-order valence-corrected chi connectivity index (χ2v) is 4.45. The molecule has 18 heavy (non-hydrogen) atoms. The molecule has 6 nitrogen and oxygen atoms in total. The Kier molecular flexibility index (Phi) is 4.30. The van der Waals surface area contributed by atoms with Gasteiger partial charge in [-0.05, 0) is 35.4 Å². The summed E-state index contributed by atoms with van der Waals surface area (Å²) in [7, 11) is 0. The van der Waals surface area contributed by atoms with Gasteiger partial charge in [0.05, 0.1) is 0 Å². The summed E-state index contributed by atoms with van der Waals surface area (Å²) in [6.45, 7) is 5.12. The van der Waals surface area contributed by atoms with Crippen LogP contribution in [0.3, 0.4) is 0 Å². The molecule has 2 rings (SSSR count). The highest BCUT2D eigenvalue weighted by Gasteiger charge is 2.17. The number of fused-ring (bicyclic) bond motifs is 1. The van der Waals surface area contributed by atoms with Gasteiger partial charge < -0.3 is 4.90 Å². The molecular weight excluding hydrogens is 252 g/mol. The van der Waals surface area contributed by atoms with Gasteiger partial charge in [-0.3, -0.25) is 0 Å². The minimum absolute atomic E-state index is 0.435. The number of aromatic nitrogens is 5. The van der Waals surface area contributed by atoms with Gasteiger partial charge >= 0.3 is 0 Å². The van der Waals surface area contributed by atoms with Crippen LogP contribution in [0, 0.1) is 0 Å². The minimum atomic E-state index is 0.435. The molecule has 0 atom stereocenters. The first kappa shape index (κ1) is 13.0. The van der Waals surface area contributed by atoms with Crippen LogP contribution in [0.5, 0.6) is 0 Å². The van der Waals surface area contributed by atoms with Crippen molar-refractivity contribution in [2.75, 3.05) is 17.3 Å². The highest BCUT2D eigenvalue weighted by molar-refractivity contribution is 6.18. The van der Waals surface area contributed by atoms with Crippen LogP contribution in [0.15, 0.2) is 12.1 Å². The van der Waals surface area contributed by atoms with E-state index in [-0.39, 0.29) is 0 Å². The highest BCUT2D eigenvalue weighted by atomic mass is 35.5. The third kappa shape index (κ3) is 2.53. The van der Waals surface area contributed by atoms with Gasteiger partial charge in [-0.15, -0.1) is 26.4 Å². The lowest BCUT2D eigenvalue weighted by atomic mass is 10.1. The molecule has 0 saturated carbocycles. The molecule has 0 amide bonds. The van der Waals surface area contributed by atoms with Crippen LogP contribution < -0.4 is 4.90 Å². The monoisotopic (exact) mass is 268 g/mol. The second kappa shape index (κ2) is 5.95. The van der Waals surface area contributed by atoms with E-state index in [0.717, 1.165) is 25.2 Å². The third-order valence-corrected chi connectivity index (χ3v) is 3.23. The molecule has 0 aliphatic carbocycles. The van der Waals surface area contributed by atoms with Crippen molar-refractivity contribution in [2.45, 2.75) is 32.7 Å². The SMILES string of the molecule is CCC(CC)N(CCCl)c1ccc2nnnn2n1. The van der Waals surface area contributed by atoms with Gasteiger partial charge in [-0.1, -0.05) is 13.8 Å². The lowest BCUT2D eigenvalue weighted by Crippen LogP contribution is -2.37. The maximum atomic E-state index is 5.88. The number of halogens is 1. The molecule has 2 aromatic rings. The molecule has 0 aliphatic rings. The standard InChI is InChI=1S/C11H17ClN6/c1-3-9(4-2)17(8-7-12)11-6-5-10-13-15-16-18(10)14-11/h5-6,9H,3-4,7-8H2,1-2H3. The van der Waals surface area contributed by atoms with E-state index in [0.29, 0.717) is 17.6 Å². The Morgan fingerprint density at radius 2 is 2.11 bits per heavy atom. The van der Waals surface area contributed by atoms with Gasteiger partial charge in [-0.25, -0.2) is 0 Å². The van der Waals surface area contributed by atoms with Gasteiger partial charge in [0.15, 0.2) is 11.5 Å². The number of nitrogens with zero attached hydrogens (tertiary/aromatic N) is 6. The Morgan fingerprint density at radius 1 is 1.33 bits per heavy atom. The topological polar surface area (TPSA) is 59.2 Å². The minimum Gasteiger partial charge on any atom is -0.351 e. The van der Waals surface area contributed by atoms with E-state index >= 15 is 0 Å². The van der Waals surface area contributed by atoms with Crippen molar-refractivity contribution in [1.82, 2.24) is 25.3 Å². The molecule has 0 unspecified atom stereocenters. The number of alkyl halides is 1. The average molecular weight is 269 g/mol. The molecule has 98 valence electrons. The van der Waals surface area contributed by atoms with Gasteiger partial charge in [0.25, 0.3) is 0 Å². The summed E-state index contributed by atoms with van der Waals surface area (Å²) in [5.41, 5.74) is 0.647. The summed E-state index contributed by atoms with van der Waals surface area (Å²) in [6.07, 6.45) is 2.12. The quantitative estimate of drug-likeness (QED) is 0.747. The molecule has 0 aromatic carbocycles. The van der Waals surface area contributed by atoms with Crippen LogP contribution in [-0.2, 0) is 0 Å². The van der Waals surface area contributed by atoms with E-state index in [4.69, 9.17) is 11.6 Å². The Morgan fingerprint density at radius 3 is 2.78 bits per heavy atom. The molecule has 0 N–H and O–H groups in total. The molecule has 0 fully saturated rings. The zero-order valence-corrected chi connectivity index (χ0v) is 11.4. The van der Waals surface area contributed by atoms with Crippen molar-refractivity contribution in [3.05, 3.63) is 12.1 Å².